The molecular formula is C14H12N2O4. The maximum atomic E-state index is 11.2. The highest BCUT2D eigenvalue weighted by molar-refractivity contribution is 5.66. The van der Waals surface area contributed by atoms with Crippen LogP contribution in [0.5, 0.6) is 0 Å². The maximum absolute atomic E-state index is 11.2. The topological polar surface area (TPSA) is 82.3 Å². The molecule has 6 heteroatoms. The standard InChI is InChI=1S/C14H12N2O4/c1-10(17)20-14(13-4-2-3-9-15-13)11-5-7-12(8-6-11)16(18)19/h2-9,14H,1H3. The number of nitro groups is 1. The number of rotatable bonds is 4. The molecule has 0 N–H and O–H groups in total. The Balaban J connectivity index is 2.36. The molecule has 1 aromatic heterocycles. The summed E-state index contributed by atoms with van der Waals surface area (Å²) in [5.74, 6) is -0.445. The van der Waals surface area contributed by atoms with Gasteiger partial charge in [0, 0.05) is 25.3 Å². The number of carbonyl (C=O) groups is 1. The quantitative estimate of drug-likeness (QED) is 0.485. The molecule has 0 spiro atoms. The Bertz CT molecular complexity index is 611. The van der Waals surface area contributed by atoms with Crippen LogP contribution in [0, 0.1) is 10.1 Å². The molecule has 20 heavy (non-hydrogen) atoms. The lowest BCUT2D eigenvalue weighted by atomic mass is 10.1. The smallest absolute Gasteiger partial charge is 0.303 e. The second kappa shape index (κ2) is 5.92. The van der Waals surface area contributed by atoms with E-state index in [1.807, 2.05) is 0 Å². The highest BCUT2D eigenvalue weighted by atomic mass is 16.6. The zero-order valence-corrected chi connectivity index (χ0v) is 10.7. The predicted molar refractivity (Wildman–Crippen MR) is 70.9 cm³/mol. The van der Waals surface area contributed by atoms with Gasteiger partial charge in [0.15, 0.2) is 6.10 Å². The number of hydrogen-bond acceptors (Lipinski definition) is 5. The number of hydrogen-bond donors (Lipinski definition) is 0. The van der Waals surface area contributed by atoms with E-state index in [2.05, 4.69) is 4.98 Å². The summed E-state index contributed by atoms with van der Waals surface area (Å²) in [4.78, 5) is 25.5. The Morgan fingerprint density at radius 2 is 1.95 bits per heavy atom. The third kappa shape index (κ3) is 3.17. The van der Waals surface area contributed by atoms with Crippen LogP contribution in [0.4, 0.5) is 5.69 Å². The molecular weight excluding hydrogens is 260 g/mol. The molecule has 0 aliphatic carbocycles. The minimum Gasteiger partial charge on any atom is -0.451 e. The molecule has 1 atom stereocenters. The highest BCUT2D eigenvalue weighted by Crippen LogP contribution is 2.26. The number of esters is 1. The fourth-order valence-corrected chi connectivity index (χ4v) is 1.77. The summed E-state index contributed by atoms with van der Waals surface area (Å²) in [6.45, 7) is 1.31. The summed E-state index contributed by atoms with van der Waals surface area (Å²) in [6, 6.07) is 11.1. The van der Waals surface area contributed by atoms with Gasteiger partial charge in [0.25, 0.3) is 5.69 Å². The summed E-state index contributed by atoms with van der Waals surface area (Å²) in [6.07, 6.45) is 0.923. The van der Waals surface area contributed by atoms with E-state index in [0.29, 0.717) is 11.3 Å². The monoisotopic (exact) mass is 272 g/mol. The molecule has 1 unspecified atom stereocenters. The normalized spacial score (nSPS) is 11.7. The SMILES string of the molecule is CC(=O)OC(c1ccc([N+](=O)[O-])cc1)c1ccccn1. The average Bonchev–Trinajstić information content (AvgIpc) is 2.45. The van der Waals surface area contributed by atoms with Gasteiger partial charge in [-0.1, -0.05) is 6.07 Å². The van der Waals surface area contributed by atoms with E-state index in [1.54, 1.807) is 36.5 Å². The van der Waals surface area contributed by atoms with Crippen molar-refractivity contribution in [2.24, 2.45) is 0 Å². The Kier molecular flexibility index (Phi) is 4.05. The van der Waals surface area contributed by atoms with Crippen molar-refractivity contribution >= 4 is 11.7 Å². The number of nitrogens with zero attached hydrogens (tertiary/aromatic N) is 2. The van der Waals surface area contributed by atoms with Crippen molar-refractivity contribution < 1.29 is 14.5 Å². The van der Waals surface area contributed by atoms with Gasteiger partial charge < -0.3 is 4.74 Å². The zero-order valence-electron chi connectivity index (χ0n) is 10.7. The lowest BCUT2D eigenvalue weighted by Crippen LogP contribution is -2.11. The first-order valence-corrected chi connectivity index (χ1v) is 5.90. The Morgan fingerprint density at radius 3 is 2.45 bits per heavy atom. The fourth-order valence-electron chi connectivity index (χ4n) is 1.77. The van der Waals surface area contributed by atoms with E-state index < -0.39 is 17.0 Å². The van der Waals surface area contributed by atoms with Crippen LogP contribution in [-0.4, -0.2) is 15.9 Å². The molecule has 2 aromatic rings. The van der Waals surface area contributed by atoms with Crippen molar-refractivity contribution in [1.82, 2.24) is 4.98 Å². The van der Waals surface area contributed by atoms with Crippen molar-refractivity contribution in [2.45, 2.75) is 13.0 Å². The molecule has 1 heterocycles. The number of benzene rings is 1. The number of carbonyl (C=O) groups excluding carboxylic acids is 1. The van der Waals surface area contributed by atoms with Crippen LogP contribution in [0.3, 0.4) is 0 Å². The van der Waals surface area contributed by atoms with E-state index in [-0.39, 0.29) is 5.69 Å². The van der Waals surface area contributed by atoms with Gasteiger partial charge in [-0.05, 0) is 29.8 Å². The highest BCUT2D eigenvalue weighted by Gasteiger charge is 2.19. The molecule has 0 radical (unpaired) electrons. The van der Waals surface area contributed by atoms with Gasteiger partial charge in [0.05, 0.1) is 10.6 Å². The first-order chi connectivity index (χ1) is 9.58. The second-order valence-corrected chi connectivity index (χ2v) is 4.09. The molecule has 0 saturated heterocycles. The van der Waals surface area contributed by atoms with Crippen LogP contribution in [-0.2, 0) is 9.53 Å². The molecule has 2 rings (SSSR count). The summed E-state index contributed by atoms with van der Waals surface area (Å²) in [7, 11) is 0. The van der Waals surface area contributed by atoms with E-state index in [0.717, 1.165) is 0 Å². The Morgan fingerprint density at radius 1 is 1.25 bits per heavy atom. The van der Waals surface area contributed by atoms with Gasteiger partial charge in [-0.3, -0.25) is 19.9 Å². The predicted octanol–water partition coefficient (Wildman–Crippen LogP) is 2.64. The summed E-state index contributed by atoms with van der Waals surface area (Å²) in [5.41, 5.74) is 1.18. The summed E-state index contributed by atoms with van der Waals surface area (Å²) < 4.78 is 5.25. The van der Waals surface area contributed by atoms with Gasteiger partial charge in [-0.15, -0.1) is 0 Å². The Labute approximate surface area is 115 Å². The maximum Gasteiger partial charge on any atom is 0.303 e. The number of nitro benzene ring substituents is 1. The van der Waals surface area contributed by atoms with E-state index >= 15 is 0 Å². The minimum absolute atomic E-state index is 0.0173. The Hall–Kier alpha value is -2.76. The van der Waals surface area contributed by atoms with E-state index in [1.165, 1.54) is 19.1 Å². The van der Waals surface area contributed by atoms with Gasteiger partial charge >= 0.3 is 5.97 Å². The van der Waals surface area contributed by atoms with Gasteiger partial charge in [-0.25, -0.2) is 0 Å². The molecule has 1 aromatic carbocycles. The second-order valence-electron chi connectivity index (χ2n) is 4.09. The van der Waals surface area contributed by atoms with Crippen molar-refractivity contribution in [3.8, 4) is 0 Å². The van der Waals surface area contributed by atoms with E-state index in [4.69, 9.17) is 4.74 Å². The lowest BCUT2D eigenvalue weighted by Gasteiger charge is -2.16. The summed E-state index contributed by atoms with van der Waals surface area (Å²) >= 11 is 0. The number of aromatic nitrogens is 1. The van der Waals surface area contributed by atoms with Gasteiger partial charge in [0.2, 0.25) is 0 Å². The van der Waals surface area contributed by atoms with Crippen LogP contribution >= 0.6 is 0 Å². The molecule has 102 valence electrons. The first kappa shape index (κ1) is 13.7. The lowest BCUT2D eigenvalue weighted by molar-refractivity contribution is -0.384. The molecule has 0 bridgehead atoms. The van der Waals surface area contributed by atoms with E-state index in [9.17, 15) is 14.9 Å². The molecule has 0 saturated carbocycles. The number of non-ortho nitro benzene ring substituents is 1. The zero-order chi connectivity index (χ0) is 14.5. The van der Waals surface area contributed by atoms with Gasteiger partial charge in [0.1, 0.15) is 0 Å². The van der Waals surface area contributed by atoms with Gasteiger partial charge in [-0.2, -0.15) is 0 Å². The van der Waals surface area contributed by atoms with Crippen molar-refractivity contribution in [3.63, 3.8) is 0 Å². The fraction of sp³-hybridized carbons (Fsp3) is 0.143. The molecule has 0 fully saturated rings. The molecule has 0 aliphatic heterocycles. The first-order valence-electron chi connectivity index (χ1n) is 5.90. The largest absolute Gasteiger partial charge is 0.451 e. The van der Waals surface area contributed by atoms with Crippen LogP contribution in [0.15, 0.2) is 48.7 Å². The van der Waals surface area contributed by atoms with Crippen molar-refractivity contribution in [1.29, 1.82) is 0 Å². The summed E-state index contributed by atoms with van der Waals surface area (Å²) in [5, 5.41) is 10.6. The third-order valence-corrected chi connectivity index (χ3v) is 2.65. The van der Waals surface area contributed by atoms with Crippen LogP contribution in [0.25, 0.3) is 0 Å². The number of ether oxygens (including phenoxy) is 1. The minimum atomic E-state index is -0.672. The van der Waals surface area contributed by atoms with Crippen LogP contribution < -0.4 is 0 Å². The molecule has 0 aliphatic rings. The average molecular weight is 272 g/mol. The van der Waals surface area contributed by atoms with Crippen LogP contribution in [0.1, 0.15) is 24.3 Å². The number of pyridine rings is 1. The van der Waals surface area contributed by atoms with Crippen molar-refractivity contribution in [2.75, 3.05) is 0 Å². The molecule has 0 amide bonds. The molecule has 6 nitrogen and oxygen atoms in total. The van der Waals surface area contributed by atoms with Crippen molar-refractivity contribution in [3.05, 3.63) is 70.0 Å². The van der Waals surface area contributed by atoms with Crippen LogP contribution in [0.2, 0.25) is 0 Å². The third-order valence-electron chi connectivity index (χ3n) is 2.65.